The molecule has 1 fully saturated rings. The zero-order valence-electron chi connectivity index (χ0n) is 9.95. The summed E-state index contributed by atoms with van der Waals surface area (Å²) in [6.07, 6.45) is 3.48. The molecule has 1 atom stereocenters. The van der Waals surface area contributed by atoms with E-state index in [2.05, 4.69) is 25.6 Å². The van der Waals surface area contributed by atoms with Crippen LogP contribution < -0.4 is 10.6 Å². The topological polar surface area (TPSA) is 65.6 Å². The lowest BCUT2D eigenvalue weighted by atomic mass is 10.1. The highest BCUT2D eigenvalue weighted by molar-refractivity contribution is 5.72. The van der Waals surface area contributed by atoms with Gasteiger partial charge in [-0.25, -0.2) is 9.97 Å². The summed E-state index contributed by atoms with van der Waals surface area (Å²) in [5.74, 6) is 1.88. The fourth-order valence-electron chi connectivity index (χ4n) is 2.34. The minimum Gasteiger partial charge on any atom is -0.373 e. The second kappa shape index (κ2) is 4.33. The molecule has 0 amide bonds. The second-order valence-corrected chi connectivity index (χ2v) is 4.50. The Kier molecular flexibility index (Phi) is 2.68. The third-order valence-corrected chi connectivity index (χ3v) is 3.25. The van der Waals surface area contributed by atoms with Gasteiger partial charge in [0.15, 0.2) is 5.65 Å². The number of hydrogen-bond donors (Lipinski definition) is 3. The van der Waals surface area contributed by atoms with Crippen molar-refractivity contribution >= 4 is 17.0 Å². The molecule has 3 rings (SSSR count). The fraction of sp³-hybridized carbons (Fsp3) is 0.500. The van der Waals surface area contributed by atoms with Gasteiger partial charge in [0.1, 0.15) is 11.6 Å². The Morgan fingerprint density at radius 1 is 1.41 bits per heavy atom. The Hall–Kier alpha value is -1.62. The quantitative estimate of drug-likeness (QED) is 0.745. The van der Waals surface area contributed by atoms with E-state index in [0.29, 0.717) is 6.04 Å². The van der Waals surface area contributed by atoms with Crippen molar-refractivity contribution in [2.45, 2.75) is 25.3 Å². The van der Waals surface area contributed by atoms with Crippen LogP contribution in [0.25, 0.3) is 11.2 Å². The number of rotatable bonds is 3. The number of aromatic amines is 1. The van der Waals surface area contributed by atoms with Gasteiger partial charge in [0.25, 0.3) is 0 Å². The van der Waals surface area contributed by atoms with Crippen LogP contribution in [0.3, 0.4) is 0 Å². The average molecular weight is 231 g/mol. The average Bonchev–Trinajstić information content (AvgIpc) is 2.96. The number of aromatic nitrogens is 3. The van der Waals surface area contributed by atoms with E-state index in [0.717, 1.165) is 35.8 Å². The minimum absolute atomic E-state index is 0.569. The van der Waals surface area contributed by atoms with E-state index in [1.165, 1.54) is 12.8 Å². The van der Waals surface area contributed by atoms with Gasteiger partial charge >= 0.3 is 0 Å². The first-order valence-electron chi connectivity index (χ1n) is 6.12. The van der Waals surface area contributed by atoms with Crippen molar-refractivity contribution in [3.63, 3.8) is 0 Å². The number of anilines is 1. The summed E-state index contributed by atoms with van der Waals surface area (Å²) in [6.45, 7) is 1.13. The Morgan fingerprint density at radius 2 is 2.35 bits per heavy atom. The van der Waals surface area contributed by atoms with E-state index in [-0.39, 0.29) is 0 Å². The van der Waals surface area contributed by atoms with E-state index in [1.807, 2.05) is 19.2 Å². The highest BCUT2D eigenvalue weighted by Crippen LogP contribution is 2.15. The van der Waals surface area contributed by atoms with Crippen LogP contribution in [0.2, 0.25) is 0 Å². The van der Waals surface area contributed by atoms with Crippen molar-refractivity contribution < 1.29 is 0 Å². The summed E-state index contributed by atoms with van der Waals surface area (Å²) < 4.78 is 0. The highest BCUT2D eigenvalue weighted by Gasteiger charge is 2.16. The normalized spacial score (nSPS) is 19.9. The maximum absolute atomic E-state index is 4.54. The van der Waals surface area contributed by atoms with Crippen LogP contribution >= 0.6 is 0 Å². The minimum atomic E-state index is 0.569. The number of nitrogens with one attached hydrogen (secondary N) is 3. The lowest BCUT2D eigenvalue weighted by Crippen LogP contribution is -2.24. The predicted octanol–water partition coefficient (Wildman–Crippen LogP) is 1.29. The molecule has 90 valence electrons. The molecular weight excluding hydrogens is 214 g/mol. The molecule has 1 saturated heterocycles. The Labute approximate surface area is 100 Å². The van der Waals surface area contributed by atoms with Crippen molar-refractivity contribution in [3.05, 3.63) is 18.0 Å². The lowest BCUT2D eigenvalue weighted by molar-refractivity contribution is 0.589. The molecule has 1 unspecified atom stereocenters. The summed E-state index contributed by atoms with van der Waals surface area (Å²) >= 11 is 0. The van der Waals surface area contributed by atoms with E-state index in [1.54, 1.807) is 0 Å². The molecule has 5 nitrogen and oxygen atoms in total. The molecule has 5 heteroatoms. The van der Waals surface area contributed by atoms with Gasteiger partial charge in [-0.1, -0.05) is 0 Å². The van der Waals surface area contributed by atoms with Crippen LogP contribution in [-0.4, -0.2) is 34.6 Å². The van der Waals surface area contributed by atoms with Crippen LogP contribution in [0.5, 0.6) is 0 Å². The van der Waals surface area contributed by atoms with Crippen LogP contribution in [-0.2, 0) is 6.42 Å². The van der Waals surface area contributed by atoms with Crippen molar-refractivity contribution in [2.75, 3.05) is 18.9 Å². The zero-order valence-corrected chi connectivity index (χ0v) is 9.95. The Morgan fingerprint density at radius 3 is 3.12 bits per heavy atom. The first kappa shape index (κ1) is 10.5. The molecule has 2 aromatic rings. The van der Waals surface area contributed by atoms with E-state index >= 15 is 0 Å². The fourth-order valence-corrected chi connectivity index (χ4v) is 2.34. The molecule has 0 aliphatic carbocycles. The molecule has 3 heterocycles. The number of hydrogen-bond acceptors (Lipinski definition) is 4. The number of H-pyrrole nitrogens is 1. The predicted molar refractivity (Wildman–Crippen MR) is 68.2 cm³/mol. The van der Waals surface area contributed by atoms with Crippen LogP contribution in [0.4, 0.5) is 5.82 Å². The van der Waals surface area contributed by atoms with Gasteiger partial charge in [-0.05, 0) is 31.5 Å². The summed E-state index contributed by atoms with van der Waals surface area (Å²) in [5, 5.41) is 6.50. The van der Waals surface area contributed by atoms with Crippen LogP contribution in [0.15, 0.2) is 12.1 Å². The van der Waals surface area contributed by atoms with Gasteiger partial charge in [-0.2, -0.15) is 0 Å². The van der Waals surface area contributed by atoms with Crippen molar-refractivity contribution in [1.82, 2.24) is 20.3 Å². The van der Waals surface area contributed by atoms with Crippen molar-refractivity contribution in [2.24, 2.45) is 0 Å². The van der Waals surface area contributed by atoms with Gasteiger partial charge < -0.3 is 15.6 Å². The molecule has 0 radical (unpaired) electrons. The summed E-state index contributed by atoms with van der Waals surface area (Å²) in [4.78, 5) is 12.3. The first-order chi connectivity index (χ1) is 8.35. The third kappa shape index (κ3) is 2.10. The van der Waals surface area contributed by atoms with Gasteiger partial charge in [-0.3, -0.25) is 0 Å². The standard InChI is InChI=1S/C12H17N5/c1-13-10-5-4-9-12(16-10)17-11(15-9)7-8-3-2-6-14-8/h4-5,8,14H,2-3,6-7H2,1H3,(H2,13,15,16,17). The summed E-state index contributed by atoms with van der Waals surface area (Å²) in [5.41, 5.74) is 1.81. The van der Waals surface area contributed by atoms with Gasteiger partial charge in [-0.15, -0.1) is 0 Å². The molecule has 17 heavy (non-hydrogen) atoms. The summed E-state index contributed by atoms with van der Waals surface area (Å²) in [6, 6.07) is 4.55. The van der Waals surface area contributed by atoms with E-state index in [4.69, 9.17) is 0 Å². The maximum atomic E-state index is 4.54. The van der Waals surface area contributed by atoms with Gasteiger partial charge in [0.2, 0.25) is 0 Å². The molecule has 0 bridgehead atoms. The number of pyridine rings is 1. The molecule has 1 aliphatic heterocycles. The zero-order chi connectivity index (χ0) is 11.7. The molecule has 0 aromatic carbocycles. The van der Waals surface area contributed by atoms with Gasteiger partial charge in [0.05, 0.1) is 5.52 Å². The lowest BCUT2D eigenvalue weighted by Gasteiger charge is -2.06. The molecule has 3 N–H and O–H groups in total. The SMILES string of the molecule is CNc1ccc2[nH]c(CC3CCCN3)nc2n1. The monoisotopic (exact) mass is 231 g/mol. The molecule has 1 aliphatic rings. The maximum Gasteiger partial charge on any atom is 0.179 e. The second-order valence-electron chi connectivity index (χ2n) is 4.50. The Bertz CT molecular complexity index is 513. The number of nitrogens with zero attached hydrogens (tertiary/aromatic N) is 2. The van der Waals surface area contributed by atoms with E-state index < -0.39 is 0 Å². The molecule has 0 saturated carbocycles. The molecule has 0 spiro atoms. The van der Waals surface area contributed by atoms with Crippen molar-refractivity contribution in [3.8, 4) is 0 Å². The highest BCUT2D eigenvalue weighted by atomic mass is 15.0. The van der Waals surface area contributed by atoms with Gasteiger partial charge in [0, 0.05) is 19.5 Å². The van der Waals surface area contributed by atoms with Crippen LogP contribution in [0, 0.1) is 0 Å². The summed E-state index contributed by atoms with van der Waals surface area (Å²) in [7, 11) is 1.87. The largest absolute Gasteiger partial charge is 0.373 e. The Balaban J connectivity index is 1.85. The smallest absolute Gasteiger partial charge is 0.179 e. The first-order valence-corrected chi connectivity index (χ1v) is 6.12. The number of fused-ring (bicyclic) bond motifs is 1. The molecular formula is C12H17N5. The van der Waals surface area contributed by atoms with Crippen LogP contribution in [0.1, 0.15) is 18.7 Å². The number of imidazole rings is 1. The van der Waals surface area contributed by atoms with E-state index in [9.17, 15) is 0 Å². The van der Waals surface area contributed by atoms with Crippen molar-refractivity contribution in [1.29, 1.82) is 0 Å². The third-order valence-electron chi connectivity index (χ3n) is 3.25. The molecule has 2 aromatic heterocycles.